The molecule has 0 bridgehead atoms. The van der Waals surface area contributed by atoms with Gasteiger partial charge in [0.15, 0.2) is 0 Å². The molecule has 3 aliphatic heterocycles. The summed E-state index contributed by atoms with van der Waals surface area (Å²) in [6, 6.07) is 13.9. The van der Waals surface area contributed by atoms with E-state index in [0.29, 0.717) is 31.7 Å². The van der Waals surface area contributed by atoms with Crippen LogP contribution in [0.5, 0.6) is 6.01 Å². The number of hydrogen-bond acceptors (Lipinski definition) is 7. The number of aromatic nitrogens is 2. The van der Waals surface area contributed by atoms with E-state index in [-0.39, 0.29) is 34.1 Å². The zero-order chi connectivity index (χ0) is 26.9. The van der Waals surface area contributed by atoms with E-state index in [2.05, 4.69) is 70.8 Å². The van der Waals surface area contributed by atoms with Gasteiger partial charge in [0, 0.05) is 63.4 Å². The Kier molecular flexibility index (Phi) is 12.9. The molecule has 3 N–H and O–H groups in total. The number of likely N-dealkylation sites (tertiary alicyclic amines) is 1. The molecule has 211 valence electrons. The van der Waals surface area contributed by atoms with Gasteiger partial charge in [-0.25, -0.2) is 0 Å². The standard InChI is InChI=1S/C26H33N6O.C2H4N.C2H6.Y.H2/c1-18-6-3-7-19-8-4-10-23(24(18)19)32-15-11-21-22(16-32)29-26(30-25(21)28-13-12-27)33-17-20-9-5-14-31(20)2;1-2-3-1;1-2;;/h3-4,6-8,10,20,27H,5,9,11-17H2,1-2H3,(H,28,29,30);1,3H,2H2;1-2H3;;1H/q2*-1;;;/t20-;;;;/m0..../s1. The van der Waals surface area contributed by atoms with Gasteiger partial charge in [0.1, 0.15) is 12.4 Å². The molecule has 1 aromatic heterocycles. The minimum Gasteiger partial charge on any atom is -0.676 e. The van der Waals surface area contributed by atoms with Crippen molar-refractivity contribution in [2.24, 2.45) is 0 Å². The number of nitrogens with one attached hydrogen (secondary N) is 3. The van der Waals surface area contributed by atoms with E-state index < -0.39 is 0 Å². The SMILES string of the molecule is CC.Cc1cccc2cccc(N3CCc4c(nc(OC[C@@H]5CCCN5C)nc4NCC[NH-])C3)c12.[CH-]1CN1.[HH].[Y]. The largest absolute Gasteiger partial charge is 0.676 e. The van der Waals surface area contributed by atoms with Crippen molar-refractivity contribution in [1.82, 2.24) is 20.2 Å². The van der Waals surface area contributed by atoms with E-state index in [4.69, 9.17) is 20.4 Å². The molecule has 8 nitrogen and oxygen atoms in total. The second-order valence-corrected chi connectivity index (χ2v) is 9.78. The second kappa shape index (κ2) is 15.8. The summed E-state index contributed by atoms with van der Waals surface area (Å²) in [6.07, 6.45) is 3.23. The van der Waals surface area contributed by atoms with E-state index in [9.17, 15) is 0 Å². The zero-order valence-electron chi connectivity index (χ0n) is 24.0. The molecule has 3 aromatic rings. The smallest absolute Gasteiger partial charge is 0.318 e. The summed E-state index contributed by atoms with van der Waals surface area (Å²) < 4.78 is 6.11. The van der Waals surface area contributed by atoms with Gasteiger partial charge in [0.05, 0.1) is 12.2 Å². The van der Waals surface area contributed by atoms with Gasteiger partial charge in [-0.15, -0.1) is 13.1 Å². The van der Waals surface area contributed by atoms with Crippen LogP contribution in [-0.2, 0) is 45.7 Å². The van der Waals surface area contributed by atoms with E-state index >= 15 is 0 Å². The fourth-order valence-electron chi connectivity index (χ4n) is 5.13. The minimum absolute atomic E-state index is 0. The number of benzene rings is 2. The number of nitrogens with zero attached hydrogens (tertiary/aromatic N) is 4. The Labute approximate surface area is 260 Å². The van der Waals surface area contributed by atoms with Crippen LogP contribution in [0.25, 0.3) is 16.5 Å². The van der Waals surface area contributed by atoms with E-state index in [0.717, 1.165) is 56.1 Å². The molecule has 9 heteroatoms. The molecule has 1 atom stereocenters. The molecule has 2 fully saturated rings. The number of rotatable bonds is 7. The molecule has 39 heavy (non-hydrogen) atoms. The summed E-state index contributed by atoms with van der Waals surface area (Å²) in [5.74, 6) is 0.829. The molecule has 2 aromatic carbocycles. The van der Waals surface area contributed by atoms with E-state index in [1.807, 2.05) is 20.4 Å². The van der Waals surface area contributed by atoms with Crippen molar-refractivity contribution in [3.05, 3.63) is 65.5 Å². The molecule has 2 saturated heterocycles. The first kappa shape index (κ1) is 31.7. The van der Waals surface area contributed by atoms with Gasteiger partial charge >= 0.3 is 6.01 Å². The van der Waals surface area contributed by atoms with Gasteiger partial charge in [-0.1, -0.05) is 44.2 Å². The van der Waals surface area contributed by atoms with Crippen LogP contribution in [0.2, 0.25) is 0 Å². The number of hydrogen-bond donors (Lipinski definition) is 2. The van der Waals surface area contributed by atoms with Crippen LogP contribution in [0.3, 0.4) is 0 Å². The maximum atomic E-state index is 7.55. The molecular formula is C30H45N7OY-2. The van der Waals surface area contributed by atoms with Gasteiger partial charge in [-0.05, 0) is 63.3 Å². The summed E-state index contributed by atoms with van der Waals surface area (Å²) in [4.78, 5) is 14.3. The summed E-state index contributed by atoms with van der Waals surface area (Å²) in [5, 5.41) is 8.80. The van der Waals surface area contributed by atoms with Crippen molar-refractivity contribution in [2.75, 3.05) is 56.6 Å². The number of fused-ring (bicyclic) bond motifs is 2. The molecular weight excluding hydrogens is 563 g/mol. The molecule has 0 unspecified atom stereocenters. The van der Waals surface area contributed by atoms with E-state index in [1.54, 1.807) is 0 Å². The molecule has 6 rings (SSSR count). The van der Waals surface area contributed by atoms with Crippen LogP contribution in [-0.4, -0.2) is 67.3 Å². The van der Waals surface area contributed by atoms with Gasteiger partial charge < -0.3 is 30.9 Å². The maximum absolute atomic E-state index is 7.55. The molecule has 3 aliphatic rings. The predicted molar refractivity (Wildman–Crippen MR) is 160 cm³/mol. The predicted octanol–water partition coefficient (Wildman–Crippen LogP) is 5.46. The summed E-state index contributed by atoms with van der Waals surface area (Å²) in [5.41, 5.74) is 12.3. The number of likely N-dealkylation sites (N-methyl/N-ethyl adjacent to an activating group) is 1. The van der Waals surface area contributed by atoms with E-state index in [1.165, 1.54) is 28.4 Å². The van der Waals surface area contributed by atoms with Gasteiger partial charge in [-0.2, -0.15) is 9.97 Å². The van der Waals surface area contributed by atoms with Crippen molar-refractivity contribution >= 4 is 22.3 Å². The normalized spacial score (nSPS) is 17.7. The third-order valence-corrected chi connectivity index (χ3v) is 7.17. The van der Waals surface area contributed by atoms with Crippen molar-refractivity contribution in [3.63, 3.8) is 0 Å². The minimum atomic E-state index is 0. The molecule has 0 aliphatic carbocycles. The van der Waals surface area contributed by atoms with Gasteiger partial charge in [0.25, 0.3) is 0 Å². The molecule has 1 radical (unpaired) electrons. The Morgan fingerprint density at radius 2 is 1.92 bits per heavy atom. The van der Waals surface area contributed by atoms with Gasteiger partial charge in [-0.3, -0.25) is 6.54 Å². The Hall–Kier alpha value is -1.84. The Bertz CT molecular complexity index is 1190. The Morgan fingerprint density at radius 1 is 1.18 bits per heavy atom. The first-order valence-corrected chi connectivity index (χ1v) is 14.0. The van der Waals surface area contributed by atoms with Crippen LogP contribution in [0.15, 0.2) is 36.4 Å². The summed E-state index contributed by atoms with van der Waals surface area (Å²) in [6.45, 7) is 13.5. The maximum Gasteiger partial charge on any atom is 0.318 e. The van der Waals surface area contributed by atoms with Gasteiger partial charge in [0.2, 0.25) is 0 Å². The third kappa shape index (κ3) is 8.33. The average Bonchev–Trinajstić information content (AvgIpc) is 3.79. The quantitative estimate of drug-likeness (QED) is 0.272. The van der Waals surface area contributed by atoms with Crippen LogP contribution in [0.1, 0.15) is 44.9 Å². The number of aryl methyl sites for hydroxylation is 1. The van der Waals surface area contributed by atoms with Crippen molar-refractivity contribution < 1.29 is 38.9 Å². The summed E-state index contributed by atoms with van der Waals surface area (Å²) in [7, 11) is 2.15. The average molecular weight is 609 g/mol. The molecule has 0 spiro atoms. The fourth-order valence-corrected chi connectivity index (χ4v) is 5.13. The Balaban J connectivity index is 0.000000737. The zero-order valence-corrected chi connectivity index (χ0v) is 26.8. The summed E-state index contributed by atoms with van der Waals surface area (Å²) >= 11 is 0. The topological polar surface area (TPSA) is 99.3 Å². The van der Waals surface area contributed by atoms with Crippen LogP contribution < -0.4 is 20.3 Å². The third-order valence-electron chi connectivity index (χ3n) is 7.17. The molecule has 0 saturated carbocycles. The fraction of sp³-hybridized carbons (Fsp3) is 0.500. The van der Waals surface area contributed by atoms with Crippen LogP contribution in [0.4, 0.5) is 11.5 Å². The van der Waals surface area contributed by atoms with Crippen LogP contribution in [0, 0.1) is 13.5 Å². The second-order valence-electron chi connectivity index (χ2n) is 9.78. The monoisotopic (exact) mass is 608 g/mol. The molecule has 4 heterocycles. The van der Waals surface area contributed by atoms with Crippen molar-refractivity contribution in [1.29, 1.82) is 0 Å². The Morgan fingerprint density at radius 3 is 2.59 bits per heavy atom. The molecule has 0 amide bonds. The number of ether oxygens (including phenoxy) is 1. The first-order chi connectivity index (χ1) is 18.6. The first-order valence-electron chi connectivity index (χ1n) is 14.0. The van der Waals surface area contributed by atoms with Crippen molar-refractivity contribution in [3.8, 4) is 6.01 Å². The number of anilines is 2. The van der Waals surface area contributed by atoms with Crippen molar-refractivity contribution in [2.45, 2.75) is 52.6 Å². The van der Waals surface area contributed by atoms with Crippen LogP contribution >= 0.6 is 0 Å².